The fourth-order valence-corrected chi connectivity index (χ4v) is 3.03. The topological polar surface area (TPSA) is 51.7 Å². The standard InChI is InChI=1S/C19H20BrFN2O3/c1-19(2,3)26-18(24)23-8-9-25-17-15(23)11-13(16(20)22-17)10-12-4-6-14(21)7-5-12/h4-7,11H,8-10H2,1-3H3. The Morgan fingerprint density at radius 3 is 2.69 bits per heavy atom. The van der Waals surface area contributed by atoms with Gasteiger partial charge in [-0.15, -0.1) is 0 Å². The Labute approximate surface area is 160 Å². The Bertz CT molecular complexity index is 819. The summed E-state index contributed by atoms with van der Waals surface area (Å²) in [6, 6.07) is 8.15. The molecule has 0 saturated carbocycles. The number of benzene rings is 1. The minimum absolute atomic E-state index is 0.277. The summed E-state index contributed by atoms with van der Waals surface area (Å²) in [5.74, 6) is 0.109. The van der Waals surface area contributed by atoms with Gasteiger partial charge in [0.1, 0.15) is 28.3 Å². The van der Waals surface area contributed by atoms with Crippen LogP contribution in [0.1, 0.15) is 31.9 Å². The van der Waals surface area contributed by atoms with E-state index in [-0.39, 0.29) is 5.82 Å². The van der Waals surface area contributed by atoms with E-state index in [0.717, 1.165) is 11.1 Å². The lowest BCUT2D eigenvalue weighted by atomic mass is 10.1. The molecule has 2 aromatic rings. The molecule has 0 radical (unpaired) electrons. The van der Waals surface area contributed by atoms with Gasteiger partial charge in [-0.2, -0.15) is 0 Å². The lowest BCUT2D eigenvalue weighted by Gasteiger charge is -2.31. The van der Waals surface area contributed by atoms with Crippen molar-refractivity contribution >= 4 is 27.7 Å². The molecule has 5 nitrogen and oxygen atoms in total. The van der Waals surface area contributed by atoms with Gasteiger partial charge in [0, 0.05) is 6.42 Å². The predicted molar refractivity (Wildman–Crippen MR) is 100 cm³/mol. The van der Waals surface area contributed by atoms with E-state index in [1.54, 1.807) is 12.1 Å². The zero-order valence-electron chi connectivity index (χ0n) is 14.9. The van der Waals surface area contributed by atoms with Crippen LogP contribution in [0.3, 0.4) is 0 Å². The van der Waals surface area contributed by atoms with Crippen molar-refractivity contribution in [1.29, 1.82) is 0 Å². The number of rotatable bonds is 2. The predicted octanol–water partition coefficient (Wildman–Crippen LogP) is 4.71. The molecule has 0 bridgehead atoms. The third kappa shape index (κ3) is 4.33. The number of pyridine rings is 1. The summed E-state index contributed by atoms with van der Waals surface area (Å²) < 4.78 is 24.8. The number of hydrogen-bond acceptors (Lipinski definition) is 4. The highest BCUT2D eigenvalue weighted by Crippen LogP contribution is 2.35. The molecule has 0 spiro atoms. The van der Waals surface area contributed by atoms with Crippen LogP contribution >= 0.6 is 15.9 Å². The van der Waals surface area contributed by atoms with Gasteiger partial charge in [-0.05, 0) is 66.0 Å². The maximum absolute atomic E-state index is 13.1. The van der Waals surface area contributed by atoms with Crippen LogP contribution in [-0.4, -0.2) is 29.8 Å². The summed E-state index contributed by atoms with van der Waals surface area (Å²) in [6.07, 6.45) is 0.113. The molecule has 26 heavy (non-hydrogen) atoms. The number of fused-ring (bicyclic) bond motifs is 1. The molecule has 1 aliphatic heterocycles. The molecule has 0 saturated heterocycles. The van der Waals surface area contributed by atoms with Gasteiger partial charge in [-0.3, -0.25) is 4.90 Å². The summed E-state index contributed by atoms with van der Waals surface area (Å²) in [5, 5.41) is 0. The van der Waals surface area contributed by atoms with Crippen molar-refractivity contribution in [2.45, 2.75) is 32.8 Å². The van der Waals surface area contributed by atoms with Gasteiger partial charge in [0.25, 0.3) is 0 Å². The SMILES string of the molecule is CC(C)(C)OC(=O)N1CCOc2nc(Br)c(Cc3ccc(F)cc3)cc21. The van der Waals surface area contributed by atoms with Crippen LogP contribution in [-0.2, 0) is 11.2 Å². The molecule has 7 heteroatoms. The molecule has 1 aromatic heterocycles. The summed E-state index contributed by atoms with van der Waals surface area (Å²) in [5.41, 5.74) is 1.80. The van der Waals surface area contributed by atoms with Crippen LogP contribution in [0.25, 0.3) is 0 Å². The highest BCUT2D eigenvalue weighted by Gasteiger charge is 2.30. The van der Waals surface area contributed by atoms with E-state index in [1.165, 1.54) is 17.0 Å². The van der Waals surface area contributed by atoms with Crippen molar-refractivity contribution in [3.63, 3.8) is 0 Å². The lowest BCUT2D eigenvalue weighted by Crippen LogP contribution is -2.41. The summed E-state index contributed by atoms with van der Waals surface area (Å²) in [6.45, 7) is 6.22. The molecule has 1 aromatic carbocycles. The monoisotopic (exact) mass is 422 g/mol. The van der Waals surface area contributed by atoms with Gasteiger partial charge in [0.2, 0.25) is 5.88 Å². The van der Waals surface area contributed by atoms with Crippen LogP contribution in [0.15, 0.2) is 34.9 Å². The number of hydrogen-bond donors (Lipinski definition) is 0. The number of aromatic nitrogens is 1. The minimum atomic E-state index is -0.588. The molecule has 1 aliphatic rings. The van der Waals surface area contributed by atoms with Gasteiger partial charge in [0.05, 0.1) is 6.54 Å². The summed E-state index contributed by atoms with van der Waals surface area (Å²) in [4.78, 5) is 18.5. The summed E-state index contributed by atoms with van der Waals surface area (Å²) >= 11 is 3.45. The molecule has 3 rings (SSSR count). The molecule has 0 atom stereocenters. The number of carbonyl (C=O) groups excluding carboxylic acids is 1. The molecule has 0 unspecified atom stereocenters. The quantitative estimate of drug-likeness (QED) is 0.657. The normalized spacial score (nSPS) is 13.8. The lowest BCUT2D eigenvalue weighted by molar-refractivity contribution is 0.0566. The van der Waals surface area contributed by atoms with Crippen molar-refractivity contribution in [3.8, 4) is 5.88 Å². The van der Waals surface area contributed by atoms with Gasteiger partial charge >= 0.3 is 6.09 Å². The fourth-order valence-electron chi connectivity index (χ4n) is 2.61. The largest absolute Gasteiger partial charge is 0.474 e. The molecule has 2 heterocycles. The maximum atomic E-state index is 13.1. The van der Waals surface area contributed by atoms with Crippen molar-refractivity contribution in [3.05, 3.63) is 51.9 Å². The van der Waals surface area contributed by atoms with Gasteiger partial charge in [-0.1, -0.05) is 12.1 Å². The molecule has 0 N–H and O–H groups in total. The zero-order chi connectivity index (χ0) is 18.9. The van der Waals surface area contributed by atoms with Crippen LogP contribution in [0.5, 0.6) is 5.88 Å². The van der Waals surface area contributed by atoms with Crippen molar-refractivity contribution in [2.75, 3.05) is 18.1 Å². The number of amides is 1. The highest BCUT2D eigenvalue weighted by molar-refractivity contribution is 9.10. The van der Waals surface area contributed by atoms with Crippen LogP contribution < -0.4 is 9.64 Å². The molecule has 0 fully saturated rings. The molecule has 1 amide bonds. The number of carbonyl (C=O) groups is 1. The highest BCUT2D eigenvalue weighted by atomic mass is 79.9. The van der Waals surface area contributed by atoms with E-state index in [2.05, 4.69) is 20.9 Å². The van der Waals surface area contributed by atoms with E-state index in [4.69, 9.17) is 9.47 Å². The van der Waals surface area contributed by atoms with E-state index >= 15 is 0 Å². The van der Waals surface area contributed by atoms with Crippen molar-refractivity contribution in [2.24, 2.45) is 0 Å². The second-order valence-corrected chi connectivity index (χ2v) is 7.80. The second-order valence-electron chi connectivity index (χ2n) is 7.05. The first-order valence-corrected chi connectivity index (χ1v) is 9.09. The first kappa shape index (κ1) is 18.6. The molecular weight excluding hydrogens is 403 g/mol. The third-order valence-electron chi connectivity index (χ3n) is 3.76. The van der Waals surface area contributed by atoms with E-state index in [9.17, 15) is 9.18 Å². The number of halogens is 2. The van der Waals surface area contributed by atoms with Crippen LogP contribution in [0.2, 0.25) is 0 Å². The maximum Gasteiger partial charge on any atom is 0.415 e. The smallest absolute Gasteiger partial charge is 0.415 e. The molecule has 0 aliphatic carbocycles. The number of ether oxygens (including phenoxy) is 2. The van der Waals surface area contributed by atoms with Gasteiger partial charge in [0.15, 0.2) is 0 Å². The van der Waals surface area contributed by atoms with E-state index in [1.807, 2.05) is 26.8 Å². The second kappa shape index (κ2) is 7.23. The number of nitrogens with zero attached hydrogens (tertiary/aromatic N) is 2. The van der Waals surface area contributed by atoms with E-state index < -0.39 is 11.7 Å². The van der Waals surface area contributed by atoms with Gasteiger partial charge < -0.3 is 9.47 Å². The first-order chi connectivity index (χ1) is 12.2. The Morgan fingerprint density at radius 1 is 1.35 bits per heavy atom. The summed E-state index contributed by atoms with van der Waals surface area (Å²) in [7, 11) is 0. The Hall–Kier alpha value is -2.15. The third-order valence-corrected chi connectivity index (χ3v) is 4.45. The van der Waals surface area contributed by atoms with E-state index in [0.29, 0.717) is 35.7 Å². The fraction of sp³-hybridized carbons (Fsp3) is 0.368. The molecule has 138 valence electrons. The molecular formula is C19H20BrFN2O3. The Balaban J connectivity index is 1.91. The Kier molecular flexibility index (Phi) is 5.18. The average Bonchev–Trinajstić information content (AvgIpc) is 2.55. The van der Waals surface area contributed by atoms with Crippen molar-refractivity contribution < 1.29 is 18.7 Å². The van der Waals surface area contributed by atoms with Crippen LogP contribution in [0, 0.1) is 5.82 Å². The zero-order valence-corrected chi connectivity index (χ0v) is 16.5. The van der Waals surface area contributed by atoms with Crippen LogP contribution in [0.4, 0.5) is 14.9 Å². The van der Waals surface area contributed by atoms with Crippen molar-refractivity contribution in [1.82, 2.24) is 4.98 Å². The Morgan fingerprint density at radius 2 is 2.04 bits per heavy atom. The average molecular weight is 423 g/mol. The number of anilines is 1. The first-order valence-electron chi connectivity index (χ1n) is 8.30. The minimum Gasteiger partial charge on any atom is -0.474 e. The van der Waals surface area contributed by atoms with Gasteiger partial charge in [-0.25, -0.2) is 14.2 Å².